The van der Waals surface area contributed by atoms with Crippen LogP contribution in [0, 0.1) is 5.92 Å². The molecule has 88 valence electrons. The predicted octanol–water partition coefficient (Wildman–Crippen LogP) is 1.57. The van der Waals surface area contributed by atoms with Crippen LogP contribution in [-0.4, -0.2) is 36.6 Å². The molecule has 1 aliphatic rings. The summed E-state index contributed by atoms with van der Waals surface area (Å²) in [6.45, 7) is 3.16. The number of nitrogens with zero attached hydrogens (tertiary/aromatic N) is 3. The fourth-order valence-corrected chi connectivity index (χ4v) is 2.40. The largest absolute Gasteiger partial charge is 0.355 e. The molecule has 0 amide bonds. The van der Waals surface area contributed by atoms with Crippen LogP contribution in [-0.2, 0) is 0 Å². The van der Waals surface area contributed by atoms with Gasteiger partial charge in [-0.15, -0.1) is 0 Å². The summed E-state index contributed by atoms with van der Waals surface area (Å²) < 4.78 is 0. The normalized spacial score (nSPS) is 17.8. The molecule has 1 aromatic rings. The van der Waals surface area contributed by atoms with Crippen LogP contribution in [0.15, 0.2) is 12.5 Å². The second-order valence-corrected chi connectivity index (χ2v) is 4.59. The highest BCUT2D eigenvalue weighted by Gasteiger charge is 2.20. The van der Waals surface area contributed by atoms with E-state index in [0.717, 1.165) is 31.4 Å². The van der Waals surface area contributed by atoms with Gasteiger partial charge in [0.1, 0.15) is 11.3 Å². The van der Waals surface area contributed by atoms with Gasteiger partial charge in [0.2, 0.25) is 0 Å². The van der Waals surface area contributed by atoms with Gasteiger partial charge >= 0.3 is 0 Å². The number of piperidine rings is 1. The molecule has 1 aromatic heterocycles. The van der Waals surface area contributed by atoms with Crippen molar-refractivity contribution in [2.75, 3.05) is 31.6 Å². The molecule has 5 heteroatoms. The van der Waals surface area contributed by atoms with E-state index in [2.05, 4.69) is 20.2 Å². The zero-order chi connectivity index (χ0) is 11.4. The monoisotopic (exact) mass is 240 g/mol. The highest BCUT2D eigenvalue weighted by molar-refractivity contribution is 6.32. The van der Waals surface area contributed by atoms with E-state index in [1.54, 1.807) is 12.5 Å². The maximum Gasteiger partial charge on any atom is 0.150 e. The van der Waals surface area contributed by atoms with Gasteiger partial charge in [0.05, 0.1) is 6.20 Å². The molecule has 16 heavy (non-hydrogen) atoms. The molecule has 0 spiro atoms. The van der Waals surface area contributed by atoms with E-state index in [9.17, 15) is 0 Å². The average molecular weight is 241 g/mol. The van der Waals surface area contributed by atoms with Crippen LogP contribution in [0.2, 0.25) is 5.02 Å². The molecule has 1 N–H and O–H groups in total. The van der Waals surface area contributed by atoms with E-state index in [0.29, 0.717) is 5.02 Å². The smallest absolute Gasteiger partial charge is 0.150 e. The Morgan fingerprint density at radius 2 is 2.25 bits per heavy atom. The number of aromatic nitrogens is 2. The standard InChI is InChI=1S/C11H17ClN4/c1-13-6-9-2-4-16(5-3-9)11-10(12)7-14-8-15-11/h7-9,13H,2-6H2,1H3. The maximum atomic E-state index is 6.08. The van der Waals surface area contributed by atoms with Crippen LogP contribution in [0.3, 0.4) is 0 Å². The minimum atomic E-state index is 0.648. The molecule has 2 rings (SSSR count). The lowest BCUT2D eigenvalue weighted by Gasteiger charge is -2.32. The summed E-state index contributed by atoms with van der Waals surface area (Å²) in [4.78, 5) is 10.4. The molecule has 0 saturated carbocycles. The Labute approximate surface area is 101 Å². The number of halogens is 1. The first-order valence-electron chi connectivity index (χ1n) is 5.66. The summed E-state index contributed by atoms with van der Waals surface area (Å²) in [7, 11) is 2.01. The number of rotatable bonds is 3. The minimum absolute atomic E-state index is 0.648. The summed E-state index contributed by atoms with van der Waals surface area (Å²) in [5, 5.41) is 3.88. The third kappa shape index (κ3) is 2.62. The average Bonchev–Trinajstić information content (AvgIpc) is 2.31. The Bertz CT molecular complexity index is 337. The zero-order valence-electron chi connectivity index (χ0n) is 9.49. The molecule has 2 heterocycles. The summed E-state index contributed by atoms with van der Waals surface area (Å²) in [6, 6.07) is 0. The first kappa shape index (κ1) is 11.6. The van der Waals surface area contributed by atoms with Gasteiger partial charge in [0.25, 0.3) is 0 Å². The van der Waals surface area contributed by atoms with Crippen molar-refractivity contribution in [2.24, 2.45) is 5.92 Å². The van der Waals surface area contributed by atoms with Crippen LogP contribution in [0.25, 0.3) is 0 Å². The topological polar surface area (TPSA) is 41.0 Å². The molecule has 0 atom stereocenters. The molecule has 1 saturated heterocycles. The van der Waals surface area contributed by atoms with E-state index < -0.39 is 0 Å². The number of hydrogen-bond donors (Lipinski definition) is 1. The summed E-state index contributed by atoms with van der Waals surface area (Å²) >= 11 is 6.08. The highest BCUT2D eigenvalue weighted by atomic mass is 35.5. The van der Waals surface area contributed by atoms with Crippen molar-refractivity contribution in [3.63, 3.8) is 0 Å². The van der Waals surface area contributed by atoms with Crippen molar-refractivity contribution in [3.8, 4) is 0 Å². The van der Waals surface area contributed by atoms with Gasteiger partial charge in [0.15, 0.2) is 5.82 Å². The van der Waals surface area contributed by atoms with Crippen molar-refractivity contribution in [1.82, 2.24) is 15.3 Å². The molecule has 0 unspecified atom stereocenters. The maximum absolute atomic E-state index is 6.08. The third-order valence-electron chi connectivity index (χ3n) is 3.06. The quantitative estimate of drug-likeness (QED) is 0.871. The molecule has 0 bridgehead atoms. The Morgan fingerprint density at radius 3 is 2.88 bits per heavy atom. The van der Waals surface area contributed by atoms with E-state index in [-0.39, 0.29) is 0 Å². The van der Waals surface area contributed by atoms with Gasteiger partial charge in [-0.2, -0.15) is 0 Å². The Morgan fingerprint density at radius 1 is 1.50 bits per heavy atom. The zero-order valence-corrected chi connectivity index (χ0v) is 10.2. The first-order chi connectivity index (χ1) is 7.81. The van der Waals surface area contributed by atoms with Crippen molar-refractivity contribution in [3.05, 3.63) is 17.5 Å². The summed E-state index contributed by atoms with van der Waals surface area (Å²) in [5.74, 6) is 1.65. The fraction of sp³-hybridized carbons (Fsp3) is 0.636. The van der Waals surface area contributed by atoms with Crippen LogP contribution in [0.5, 0.6) is 0 Å². The highest BCUT2D eigenvalue weighted by Crippen LogP contribution is 2.26. The molecule has 0 aliphatic carbocycles. The third-order valence-corrected chi connectivity index (χ3v) is 3.32. The second-order valence-electron chi connectivity index (χ2n) is 4.18. The number of anilines is 1. The molecular formula is C11H17ClN4. The van der Waals surface area contributed by atoms with Gasteiger partial charge in [-0.05, 0) is 32.4 Å². The Balaban J connectivity index is 1.96. The first-order valence-corrected chi connectivity index (χ1v) is 6.04. The van der Waals surface area contributed by atoms with Gasteiger partial charge in [-0.25, -0.2) is 9.97 Å². The van der Waals surface area contributed by atoms with E-state index in [1.165, 1.54) is 12.8 Å². The molecule has 1 fully saturated rings. The second kappa shape index (κ2) is 5.46. The Hall–Kier alpha value is -0.870. The van der Waals surface area contributed by atoms with Crippen molar-refractivity contribution in [1.29, 1.82) is 0 Å². The predicted molar refractivity (Wildman–Crippen MR) is 65.9 cm³/mol. The lowest BCUT2D eigenvalue weighted by Crippen LogP contribution is -2.37. The molecule has 0 aromatic carbocycles. The van der Waals surface area contributed by atoms with Crippen LogP contribution < -0.4 is 10.2 Å². The van der Waals surface area contributed by atoms with Crippen LogP contribution >= 0.6 is 11.6 Å². The number of nitrogens with one attached hydrogen (secondary N) is 1. The van der Waals surface area contributed by atoms with E-state index in [4.69, 9.17) is 11.6 Å². The van der Waals surface area contributed by atoms with Gasteiger partial charge in [-0.1, -0.05) is 11.6 Å². The fourth-order valence-electron chi connectivity index (χ4n) is 2.18. The van der Waals surface area contributed by atoms with Crippen molar-refractivity contribution in [2.45, 2.75) is 12.8 Å². The molecule has 4 nitrogen and oxygen atoms in total. The summed E-state index contributed by atoms with van der Waals surface area (Å²) in [6.07, 6.45) is 5.60. The van der Waals surface area contributed by atoms with Crippen molar-refractivity contribution < 1.29 is 0 Å². The lowest BCUT2D eigenvalue weighted by atomic mass is 9.97. The van der Waals surface area contributed by atoms with E-state index >= 15 is 0 Å². The van der Waals surface area contributed by atoms with Gasteiger partial charge in [0, 0.05) is 13.1 Å². The summed E-state index contributed by atoms with van der Waals surface area (Å²) in [5.41, 5.74) is 0. The number of hydrogen-bond acceptors (Lipinski definition) is 4. The van der Waals surface area contributed by atoms with E-state index in [1.807, 2.05) is 7.05 Å². The molecular weight excluding hydrogens is 224 g/mol. The molecule has 0 radical (unpaired) electrons. The van der Waals surface area contributed by atoms with Gasteiger partial charge in [-0.3, -0.25) is 0 Å². The van der Waals surface area contributed by atoms with Gasteiger partial charge < -0.3 is 10.2 Å². The molecule has 1 aliphatic heterocycles. The van der Waals surface area contributed by atoms with Crippen LogP contribution in [0.4, 0.5) is 5.82 Å². The van der Waals surface area contributed by atoms with Crippen molar-refractivity contribution >= 4 is 17.4 Å². The van der Waals surface area contributed by atoms with Crippen LogP contribution in [0.1, 0.15) is 12.8 Å². The SMILES string of the molecule is CNCC1CCN(c2ncncc2Cl)CC1. The minimum Gasteiger partial charge on any atom is -0.355 e. The Kier molecular flexibility index (Phi) is 3.96. The lowest BCUT2D eigenvalue weighted by molar-refractivity contribution is 0.392.